The molecule has 1 aliphatic carbocycles. The van der Waals surface area contributed by atoms with Crippen LogP contribution in [0.2, 0.25) is 0 Å². The Labute approximate surface area is 205 Å². The maximum atomic E-state index is 14.0. The van der Waals surface area contributed by atoms with Gasteiger partial charge in [0, 0.05) is 41.2 Å². The molecule has 2 atom stereocenters. The van der Waals surface area contributed by atoms with Gasteiger partial charge >= 0.3 is 6.18 Å². The van der Waals surface area contributed by atoms with E-state index in [1.165, 1.54) is 12.1 Å². The molecule has 4 aromatic rings. The SMILES string of the molecule is COC[C@@H](C)N(C(=O)c1ccc2nc(N)c3ccncc3c2c1)[C@H]1CCc2cc(C(F)(F)F)ccc21. The highest BCUT2D eigenvalue weighted by atomic mass is 19.4. The van der Waals surface area contributed by atoms with Crippen LogP contribution < -0.4 is 5.73 Å². The van der Waals surface area contributed by atoms with Crippen LogP contribution in [0, 0.1) is 0 Å². The molecule has 36 heavy (non-hydrogen) atoms. The highest BCUT2D eigenvalue weighted by Crippen LogP contribution is 2.41. The molecule has 5 rings (SSSR count). The highest BCUT2D eigenvalue weighted by molar-refractivity contribution is 6.11. The number of alkyl halides is 3. The summed E-state index contributed by atoms with van der Waals surface area (Å²) in [5.41, 5.74) is 7.88. The molecule has 2 aromatic heterocycles. The lowest BCUT2D eigenvalue weighted by atomic mass is 10.0. The normalized spacial score (nSPS) is 16.3. The van der Waals surface area contributed by atoms with Crippen molar-refractivity contribution in [2.45, 2.75) is 38.0 Å². The number of anilines is 1. The van der Waals surface area contributed by atoms with Crippen molar-refractivity contribution < 1.29 is 22.7 Å². The van der Waals surface area contributed by atoms with E-state index >= 15 is 0 Å². The van der Waals surface area contributed by atoms with Crippen LogP contribution in [-0.4, -0.2) is 40.5 Å². The monoisotopic (exact) mass is 494 g/mol. The minimum absolute atomic E-state index is 0.229. The summed E-state index contributed by atoms with van der Waals surface area (Å²) in [6.45, 7) is 2.17. The molecule has 0 aliphatic heterocycles. The molecule has 0 fully saturated rings. The summed E-state index contributed by atoms with van der Waals surface area (Å²) in [6.07, 6.45) is -0.0798. The number of nitrogens with zero attached hydrogens (tertiary/aromatic N) is 3. The van der Waals surface area contributed by atoms with Gasteiger partial charge < -0.3 is 15.4 Å². The number of aryl methyl sites for hydroxylation is 1. The molecule has 186 valence electrons. The van der Waals surface area contributed by atoms with E-state index in [0.29, 0.717) is 35.3 Å². The van der Waals surface area contributed by atoms with Crippen molar-refractivity contribution in [2.24, 2.45) is 0 Å². The maximum absolute atomic E-state index is 14.0. The molecule has 0 unspecified atom stereocenters. The van der Waals surface area contributed by atoms with E-state index in [2.05, 4.69) is 9.97 Å². The number of hydrogen-bond donors (Lipinski definition) is 1. The molecule has 1 aliphatic rings. The summed E-state index contributed by atoms with van der Waals surface area (Å²) in [6, 6.07) is 10.1. The fourth-order valence-electron chi connectivity index (χ4n) is 5.18. The number of aromatic nitrogens is 2. The Kier molecular flexibility index (Phi) is 6.04. The van der Waals surface area contributed by atoms with Crippen molar-refractivity contribution in [3.63, 3.8) is 0 Å². The number of hydrogen-bond acceptors (Lipinski definition) is 5. The van der Waals surface area contributed by atoms with Gasteiger partial charge in [0.1, 0.15) is 5.82 Å². The van der Waals surface area contributed by atoms with Gasteiger partial charge in [-0.2, -0.15) is 13.2 Å². The number of nitrogens with two attached hydrogens (primary N) is 1. The van der Waals surface area contributed by atoms with Gasteiger partial charge in [-0.15, -0.1) is 0 Å². The standard InChI is InChI=1S/C27H25F3N4O2/c1-15(14-36-2)34(24-8-4-16-11-18(27(28,29)30)5-6-19(16)24)26(35)17-3-7-23-21(12-17)22-13-32-10-9-20(22)25(31)33-23/h3,5-7,9-13,15,24H,4,8,14H2,1-2H3,(H2,31,33)/t15-,24+/m1/s1. The molecule has 2 N–H and O–H groups in total. The van der Waals surface area contributed by atoms with E-state index in [-0.39, 0.29) is 24.6 Å². The van der Waals surface area contributed by atoms with E-state index < -0.39 is 11.7 Å². The molecule has 0 saturated heterocycles. The van der Waals surface area contributed by atoms with Crippen molar-refractivity contribution in [2.75, 3.05) is 19.5 Å². The lowest BCUT2D eigenvalue weighted by molar-refractivity contribution is -0.137. The second-order valence-electron chi connectivity index (χ2n) is 9.13. The summed E-state index contributed by atoms with van der Waals surface area (Å²) in [5, 5.41) is 2.29. The zero-order valence-corrected chi connectivity index (χ0v) is 19.8. The average Bonchev–Trinajstić information content (AvgIpc) is 3.27. The Bertz CT molecular complexity index is 1470. The van der Waals surface area contributed by atoms with Gasteiger partial charge in [0.25, 0.3) is 5.91 Å². The van der Waals surface area contributed by atoms with E-state index in [1.807, 2.05) is 6.92 Å². The topological polar surface area (TPSA) is 81.3 Å². The molecule has 2 aromatic carbocycles. The number of amides is 1. The first kappa shape index (κ1) is 24.0. The number of halogens is 3. The molecular formula is C27H25F3N4O2. The first-order chi connectivity index (χ1) is 17.2. The van der Waals surface area contributed by atoms with Crippen LogP contribution in [0.1, 0.15) is 46.4 Å². The molecule has 6 nitrogen and oxygen atoms in total. The molecule has 1 amide bonds. The predicted octanol–water partition coefficient (Wildman–Crippen LogP) is 5.55. The molecule has 0 spiro atoms. The number of carbonyl (C=O) groups is 1. The zero-order valence-electron chi connectivity index (χ0n) is 19.8. The molecule has 0 saturated carbocycles. The average molecular weight is 495 g/mol. The van der Waals surface area contributed by atoms with Crippen LogP contribution >= 0.6 is 0 Å². The lowest BCUT2D eigenvalue weighted by Gasteiger charge is -2.35. The third-order valence-electron chi connectivity index (χ3n) is 6.84. The summed E-state index contributed by atoms with van der Waals surface area (Å²) >= 11 is 0. The van der Waals surface area contributed by atoms with Gasteiger partial charge in [0.2, 0.25) is 0 Å². The van der Waals surface area contributed by atoms with E-state index in [0.717, 1.165) is 27.8 Å². The number of pyridine rings is 2. The summed E-state index contributed by atoms with van der Waals surface area (Å²) < 4.78 is 45.1. The largest absolute Gasteiger partial charge is 0.416 e. The number of nitrogen functional groups attached to an aromatic ring is 1. The molecule has 2 heterocycles. The molecular weight excluding hydrogens is 469 g/mol. The molecule has 0 bridgehead atoms. The third-order valence-corrected chi connectivity index (χ3v) is 6.84. The van der Waals surface area contributed by atoms with E-state index in [1.54, 1.807) is 48.7 Å². The van der Waals surface area contributed by atoms with Crippen LogP contribution in [0.15, 0.2) is 54.9 Å². The smallest absolute Gasteiger partial charge is 0.383 e. The fraction of sp³-hybridized carbons (Fsp3) is 0.296. The van der Waals surface area contributed by atoms with Gasteiger partial charge in [-0.1, -0.05) is 6.07 Å². The maximum Gasteiger partial charge on any atom is 0.416 e. The van der Waals surface area contributed by atoms with Crippen LogP contribution in [0.4, 0.5) is 19.0 Å². The summed E-state index contributed by atoms with van der Waals surface area (Å²) in [4.78, 5) is 24.4. The lowest BCUT2D eigenvalue weighted by Crippen LogP contribution is -2.43. The number of rotatable bonds is 5. The van der Waals surface area contributed by atoms with Crippen LogP contribution in [0.25, 0.3) is 21.7 Å². The van der Waals surface area contributed by atoms with Crippen molar-refractivity contribution in [1.29, 1.82) is 0 Å². The number of methoxy groups -OCH3 is 1. The van der Waals surface area contributed by atoms with Crippen molar-refractivity contribution in [3.8, 4) is 0 Å². The molecule has 9 heteroatoms. The summed E-state index contributed by atoms with van der Waals surface area (Å²) in [7, 11) is 1.56. The Morgan fingerprint density at radius 1 is 1.17 bits per heavy atom. The Morgan fingerprint density at radius 3 is 2.72 bits per heavy atom. The number of ether oxygens (including phenoxy) is 1. The Balaban J connectivity index is 1.58. The second-order valence-corrected chi connectivity index (χ2v) is 9.13. The van der Waals surface area contributed by atoms with Crippen molar-refractivity contribution in [1.82, 2.24) is 14.9 Å². The molecule has 0 radical (unpaired) electrons. The Morgan fingerprint density at radius 2 is 1.97 bits per heavy atom. The number of fused-ring (bicyclic) bond motifs is 4. The minimum Gasteiger partial charge on any atom is -0.383 e. The van der Waals surface area contributed by atoms with Crippen LogP contribution in [0.3, 0.4) is 0 Å². The predicted molar refractivity (Wildman–Crippen MR) is 131 cm³/mol. The van der Waals surface area contributed by atoms with Crippen LogP contribution in [0.5, 0.6) is 0 Å². The highest BCUT2D eigenvalue weighted by Gasteiger charge is 2.37. The number of carbonyl (C=O) groups excluding carboxylic acids is 1. The first-order valence-electron chi connectivity index (χ1n) is 11.6. The van der Waals surface area contributed by atoms with E-state index in [4.69, 9.17) is 10.5 Å². The van der Waals surface area contributed by atoms with Gasteiger partial charge in [0.05, 0.1) is 29.8 Å². The van der Waals surface area contributed by atoms with Crippen LogP contribution in [-0.2, 0) is 17.3 Å². The second kappa shape index (κ2) is 9.05. The van der Waals surface area contributed by atoms with Gasteiger partial charge in [-0.3, -0.25) is 9.78 Å². The van der Waals surface area contributed by atoms with E-state index in [9.17, 15) is 18.0 Å². The first-order valence-corrected chi connectivity index (χ1v) is 11.6. The number of benzene rings is 2. The third kappa shape index (κ3) is 4.13. The quantitative estimate of drug-likeness (QED) is 0.368. The zero-order chi connectivity index (χ0) is 25.6. The van der Waals surface area contributed by atoms with Gasteiger partial charge in [0.15, 0.2) is 0 Å². The summed E-state index contributed by atoms with van der Waals surface area (Å²) in [5.74, 6) is 0.156. The van der Waals surface area contributed by atoms with Crippen molar-refractivity contribution in [3.05, 3.63) is 77.1 Å². The van der Waals surface area contributed by atoms with Crippen molar-refractivity contribution >= 4 is 33.4 Å². The van der Waals surface area contributed by atoms with Gasteiger partial charge in [-0.05, 0) is 67.3 Å². The van der Waals surface area contributed by atoms with Gasteiger partial charge in [-0.25, -0.2) is 4.98 Å². The fourth-order valence-corrected chi connectivity index (χ4v) is 5.18. The Hall–Kier alpha value is -3.72. The minimum atomic E-state index is -4.41.